The fourth-order valence-corrected chi connectivity index (χ4v) is 1.50. The minimum atomic E-state index is -0.942. The van der Waals surface area contributed by atoms with Crippen LogP contribution in [0.15, 0.2) is 0 Å². The third-order valence-electron chi connectivity index (χ3n) is 2.64. The second-order valence-corrected chi connectivity index (χ2v) is 4.60. The Kier molecular flexibility index (Phi) is 12.9. The summed E-state index contributed by atoms with van der Waals surface area (Å²) in [6, 6.07) is -1.88. The number of nitrogens with zero attached hydrogens (tertiary/aromatic N) is 1. The molecule has 14 heteroatoms. The standard InChI is InChI=1S/C14H26N6O8/c1-4-26-12(23)17-7-15-10(21)20(9-19-14(25)28-6-3)11(22)16-8-18-13(24)27-5-2/h4-9H2,1-3H3,(H,15,21)(H,16,22)(H,17,23)(H,18,24)(H,19,25). The molecular weight excluding hydrogens is 380 g/mol. The van der Waals surface area contributed by atoms with Crippen LogP contribution in [0.1, 0.15) is 20.8 Å². The van der Waals surface area contributed by atoms with Crippen molar-refractivity contribution in [2.45, 2.75) is 20.8 Å². The van der Waals surface area contributed by atoms with Crippen molar-refractivity contribution in [2.75, 3.05) is 39.8 Å². The molecule has 5 N–H and O–H groups in total. The van der Waals surface area contributed by atoms with Gasteiger partial charge in [-0.05, 0) is 20.8 Å². The maximum absolute atomic E-state index is 12.2. The van der Waals surface area contributed by atoms with Crippen LogP contribution in [-0.4, -0.2) is 75.1 Å². The number of hydrogen-bond donors (Lipinski definition) is 5. The van der Waals surface area contributed by atoms with Crippen LogP contribution in [0.4, 0.5) is 24.0 Å². The molecule has 0 fully saturated rings. The van der Waals surface area contributed by atoms with E-state index in [2.05, 4.69) is 40.8 Å². The topological polar surface area (TPSA) is 176 Å². The van der Waals surface area contributed by atoms with E-state index in [9.17, 15) is 24.0 Å². The van der Waals surface area contributed by atoms with Crippen LogP contribution >= 0.6 is 0 Å². The molecule has 0 spiro atoms. The molecule has 14 nitrogen and oxygen atoms in total. The molecule has 7 amide bonds. The maximum Gasteiger partial charge on any atom is 0.408 e. The van der Waals surface area contributed by atoms with Crippen LogP contribution < -0.4 is 26.6 Å². The Bertz CT molecular complexity index is 508. The highest BCUT2D eigenvalue weighted by atomic mass is 16.6. The number of amides is 7. The average Bonchev–Trinajstić information content (AvgIpc) is 2.62. The number of urea groups is 2. The highest BCUT2D eigenvalue weighted by Gasteiger charge is 2.22. The Morgan fingerprint density at radius 2 is 0.964 bits per heavy atom. The van der Waals surface area contributed by atoms with Gasteiger partial charge in [-0.1, -0.05) is 0 Å². The SMILES string of the molecule is CCOC(=O)NCNC(=O)N(CNC(=O)OCC)C(=O)NCNC(=O)OCC. The Labute approximate surface area is 161 Å². The van der Waals surface area contributed by atoms with Gasteiger partial charge in [-0.25, -0.2) is 28.9 Å². The molecule has 0 atom stereocenters. The zero-order valence-corrected chi connectivity index (χ0v) is 16.0. The third kappa shape index (κ3) is 11.2. The van der Waals surface area contributed by atoms with Crippen LogP contribution in [0.25, 0.3) is 0 Å². The Balaban J connectivity index is 4.67. The second-order valence-electron chi connectivity index (χ2n) is 4.60. The molecule has 0 unspecified atom stereocenters. The van der Waals surface area contributed by atoms with Gasteiger partial charge in [0.15, 0.2) is 0 Å². The van der Waals surface area contributed by atoms with Crippen molar-refractivity contribution in [2.24, 2.45) is 0 Å². The summed E-state index contributed by atoms with van der Waals surface area (Å²) in [5.74, 6) is 0. The Morgan fingerprint density at radius 3 is 1.32 bits per heavy atom. The second kappa shape index (κ2) is 14.7. The largest absolute Gasteiger partial charge is 0.450 e. The molecular formula is C14H26N6O8. The van der Waals surface area contributed by atoms with Gasteiger partial charge >= 0.3 is 30.3 Å². The summed E-state index contributed by atoms with van der Waals surface area (Å²) >= 11 is 0. The molecule has 160 valence electrons. The first-order chi connectivity index (χ1) is 13.3. The predicted octanol–water partition coefficient (Wildman–Crippen LogP) is -0.182. The summed E-state index contributed by atoms with van der Waals surface area (Å²) < 4.78 is 13.9. The average molecular weight is 406 g/mol. The lowest BCUT2D eigenvalue weighted by Crippen LogP contribution is -2.55. The minimum Gasteiger partial charge on any atom is -0.450 e. The molecule has 0 aromatic carbocycles. The molecule has 0 rings (SSSR count). The van der Waals surface area contributed by atoms with E-state index in [1.165, 1.54) is 0 Å². The van der Waals surface area contributed by atoms with Gasteiger partial charge in [0, 0.05) is 0 Å². The van der Waals surface area contributed by atoms with E-state index in [0.29, 0.717) is 4.90 Å². The van der Waals surface area contributed by atoms with Crippen LogP contribution in [0.5, 0.6) is 0 Å². The number of carbonyl (C=O) groups is 5. The van der Waals surface area contributed by atoms with Gasteiger partial charge in [-0.3, -0.25) is 0 Å². The van der Waals surface area contributed by atoms with Gasteiger partial charge in [0.2, 0.25) is 0 Å². The molecule has 0 saturated heterocycles. The Hall–Kier alpha value is -3.45. The fourth-order valence-electron chi connectivity index (χ4n) is 1.50. The highest BCUT2D eigenvalue weighted by Crippen LogP contribution is 1.91. The molecule has 0 radical (unpaired) electrons. The number of alkyl carbamates (subject to hydrolysis) is 3. The van der Waals surface area contributed by atoms with E-state index >= 15 is 0 Å². The fraction of sp³-hybridized carbons (Fsp3) is 0.643. The van der Waals surface area contributed by atoms with E-state index in [1.54, 1.807) is 20.8 Å². The zero-order valence-electron chi connectivity index (χ0n) is 16.0. The summed E-state index contributed by atoms with van der Waals surface area (Å²) in [4.78, 5) is 58.6. The number of ether oxygens (including phenoxy) is 3. The molecule has 0 saturated carbocycles. The van der Waals surface area contributed by atoms with Gasteiger partial charge in [-0.15, -0.1) is 0 Å². The van der Waals surface area contributed by atoms with E-state index < -0.39 is 37.0 Å². The highest BCUT2D eigenvalue weighted by molar-refractivity contribution is 5.94. The maximum atomic E-state index is 12.2. The van der Waals surface area contributed by atoms with Gasteiger partial charge in [0.1, 0.15) is 6.67 Å². The normalized spacial score (nSPS) is 9.39. The lowest BCUT2D eigenvalue weighted by molar-refractivity contribution is 0.144. The van der Waals surface area contributed by atoms with Crippen molar-refractivity contribution in [3.8, 4) is 0 Å². The minimum absolute atomic E-state index is 0.0944. The van der Waals surface area contributed by atoms with Gasteiger partial charge in [0.05, 0.1) is 33.2 Å². The van der Waals surface area contributed by atoms with E-state index in [0.717, 1.165) is 0 Å². The first-order valence-electron chi connectivity index (χ1n) is 8.40. The number of imide groups is 1. The van der Waals surface area contributed by atoms with Gasteiger partial charge < -0.3 is 40.8 Å². The molecule has 0 aliphatic carbocycles. The first-order valence-corrected chi connectivity index (χ1v) is 8.40. The summed E-state index contributed by atoms with van der Waals surface area (Å²) in [6.07, 6.45) is -2.37. The first kappa shape index (κ1) is 24.6. The van der Waals surface area contributed by atoms with Gasteiger partial charge in [0.25, 0.3) is 0 Å². The lowest BCUT2D eigenvalue weighted by Gasteiger charge is -2.22. The summed E-state index contributed by atoms with van der Waals surface area (Å²) in [5, 5.41) is 11.1. The molecule has 28 heavy (non-hydrogen) atoms. The van der Waals surface area contributed by atoms with Gasteiger partial charge in [-0.2, -0.15) is 0 Å². The number of nitrogens with one attached hydrogen (secondary N) is 5. The van der Waals surface area contributed by atoms with Crippen LogP contribution in [-0.2, 0) is 14.2 Å². The zero-order chi connectivity index (χ0) is 21.4. The number of carbonyl (C=O) groups excluding carboxylic acids is 5. The van der Waals surface area contributed by atoms with Crippen LogP contribution in [0.2, 0.25) is 0 Å². The number of rotatable bonds is 9. The smallest absolute Gasteiger partial charge is 0.408 e. The predicted molar refractivity (Wildman–Crippen MR) is 94.0 cm³/mol. The molecule has 0 aromatic heterocycles. The van der Waals surface area contributed by atoms with E-state index in [-0.39, 0.29) is 33.2 Å². The lowest BCUT2D eigenvalue weighted by atomic mass is 10.6. The van der Waals surface area contributed by atoms with Crippen molar-refractivity contribution in [3.05, 3.63) is 0 Å². The van der Waals surface area contributed by atoms with Crippen molar-refractivity contribution in [1.82, 2.24) is 31.5 Å². The molecule has 0 heterocycles. The third-order valence-corrected chi connectivity index (χ3v) is 2.64. The number of hydrogen-bond acceptors (Lipinski definition) is 8. The van der Waals surface area contributed by atoms with E-state index in [1.807, 2.05) is 0 Å². The summed E-state index contributed by atoms with van der Waals surface area (Å²) in [5.41, 5.74) is 0. The van der Waals surface area contributed by atoms with Crippen molar-refractivity contribution >= 4 is 30.3 Å². The molecule has 0 bridgehead atoms. The molecule has 0 aliphatic rings. The molecule has 0 aromatic rings. The van der Waals surface area contributed by atoms with E-state index in [4.69, 9.17) is 0 Å². The summed E-state index contributed by atoms with van der Waals surface area (Å²) in [6.45, 7) is 3.98. The van der Waals surface area contributed by atoms with Crippen molar-refractivity contribution in [3.63, 3.8) is 0 Å². The molecule has 0 aliphatic heterocycles. The van der Waals surface area contributed by atoms with Crippen LogP contribution in [0.3, 0.4) is 0 Å². The summed E-state index contributed by atoms with van der Waals surface area (Å²) in [7, 11) is 0. The monoisotopic (exact) mass is 406 g/mol. The van der Waals surface area contributed by atoms with Crippen LogP contribution in [0, 0.1) is 0 Å². The Morgan fingerprint density at radius 1 is 0.607 bits per heavy atom. The quantitative estimate of drug-likeness (QED) is 0.259. The van der Waals surface area contributed by atoms with Crippen molar-refractivity contribution in [1.29, 1.82) is 0 Å². The van der Waals surface area contributed by atoms with Crippen molar-refractivity contribution < 1.29 is 38.2 Å².